The van der Waals surface area contributed by atoms with Gasteiger partial charge in [-0.25, -0.2) is 36.1 Å². The number of alkyl halides is 2. The van der Waals surface area contributed by atoms with E-state index in [-0.39, 0.29) is 16.8 Å². The maximum Gasteiger partial charge on any atom is 0.427 e. The summed E-state index contributed by atoms with van der Waals surface area (Å²) >= 11 is 0. The van der Waals surface area contributed by atoms with Gasteiger partial charge in [-0.15, -0.1) is 10.00 Å². The van der Waals surface area contributed by atoms with E-state index in [1.807, 2.05) is 20.8 Å². The quantitative estimate of drug-likeness (QED) is 0.0974. The van der Waals surface area contributed by atoms with Crippen LogP contribution in [-0.2, 0) is 19.5 Å². The number of carbonyl (C=O) groups is 2. The molecular weight excluding hydrogens is 744 g/mol. The summed E-state index contributed by atoms with van der Waals surface area (Å²) in [6, 6.07) is 11.0. The second-order valence-corrected chi connectivity index (χ2v) is 20.0. The number of aromatic nitrogens is 3. The third-order valence-electron chi connectivity index (χ3n) is 9.14. The van der Waals surface area contributed by atoms with Crippen LogP contribution in [0.15, 0.2) is 54.7 Å². The second-order valence-electron chi connectivity index (χ2n) is 15.3. The molecule has 300 valence electrons. The zero-order chi connectivity index (χ0) is 41.1. The van der Waals surface area contributed by atoms with Crippen LogP contribution in [0.4, 0.5) is 37.5 Å². The summed E-state index contributed by atoms with van der Waals surface area (Å²) in [4.78, 5) is 31.0. The predicted octanol–water partition coefficient (Wildman–Crippen LogP) is 10.8. The van der Waals surface area contributed by atoms with E-state index in [9.17, 15) is 14.0 Å². The Morgan fingerprint density at radius 2 is 1.38 bits per heavy atom. The Bertz CT molecular complexity index is 1960. The number of ether oxygens (including phenoxy) is 3. The topological polar surface area (TPSA) is 104 Å². The van der Waals surface area contributed by atoms with E-state index < -0.39 is 91.0 Å². The average molecular weight is 793 g/mol. The van der Waals surface area contributed by atoms with Gasteiger partial charge >= 0.3 is 12.2 Å². The molecule has 0 aliphatic rings. The molecule has 0 aliphatic carbocycles. The lowest BCUT2D eigenvalue weighted by Crippen LogP contribution is -2.53. The van der Waals surface area contributed by atoms with Gasteiger partial charge < -0.3 is 18.6 Å². The number of imide groups is 1. The van der Waals surface area contributed by atoms with Crippen molar-refractivity contribution in [2.45, 2.75) is 117 Å². The number of amides is 2. The van der Waals surface area contributed by atoms with Crippen LogP contribution >= 0.6 is 0 Å². The Morgan fingerprint density at radius 1 is 0.818 bits per heavy atom. The first-order valence-corrected chi connectivity index (χ1v) is 20.6. The van der Waals surface area contributed by atoms with Crippen LogP contribution in [0.1, 0.15) is 81.2 Å². The predicted molar refractivity (Wildman–Crippen MR) is 200 cm³/mol. The van der Waals surface area contributed by atoms with Crippen LogP contribution in [0.2, 0.25) is 18.1 Å². The van der Waals surface area contributed by atoms with Crippen molar-refractivity contribution in [1.82, 2.24) is 14.6 Å². The molecule has 2 amide bonds. The summed E-state index contributed by atoms with van der Waals surface area (Å²) in [5.74, 6) is -7.21. The van der Waals surface area contributed by atoms with E-state index in [0.29, 0.717) is 23.0 Å². The zero-order valence-electron chi connectivity index (χ0n) is 32.9. The van der Waals surface area contributed by atoms with Gasteiger partial charge in [0.2, 0.25) is 0 Å². The Kier molecular flexibility index (Phi) is 12.8. The van der Waals surface area contributed by atoms with Crippen LogP contribution in [0.5, 0.6) is 5.75 Å². The third kappa shape index (κ3) is 9.82. The fraction of sp³-hybridized carbons (Fsp3) is 0.487. The molecule has 0 bridgehead atoms. The van der Waals surface area contributed by atoms with E-state index in [1.165, 1.54) is 41.9 Å². The van der Waals surface area contributed by atoms with E-state index >= 15 is 17.6 Å². The molecule has 2 aromatic heterocycles. The average Bonchev–Trinajstić information content (AvgIpc) is 3.49. The normalized spacial score (nSPS) is 13.7. The van der Waals surface area contributed by atoms with Gasteiger partial charge in [0.05, 0.1) is 12.2 Å². The third-order valence-corrected chi connectivity index (χ3v) is 13.9. The maximum atomic E-state index is 16.4. The molecule has 0 saturated heterocycles. The van der Waals surface area contributed by atoms with Crippen molar-refractivity contribution < 1.29 is 50.2 Å². The molecule has 4 aromatic rings. The minimum Gasteiger partial charge on any atom is -0.490 e. The Balaban J connectivity index is 1.64. The first-order chi connectivity index (χ1) is 25.5. The van der Waals surface area contributed by atoms with Crippen molar-refractivity contribution in [2.24, 2.45) is 0 Å². The molecule has 2 aromatic carbocycles. The second kappa shape index (κ2) is 16.3. The van der Waals surface area contributed by atoms with Gasteiger partial charge in [-0.2, -0.15) is 4.98 Å². The van der Waals surface area contributed by atoms with Crippen LogP contribution in [0, 0.1) is 17.5 Å². The van der Waals surface area contributed by atoms with Crippen molar-refractivity contribution in [3.63, 3.8) is 0 Å². The standard InChI is InChI=1S/C39H49F5N4O6Si/c1-11-55(12-2,13-3)54-38(10,26-14-16-27(40)17-15-26)39(43,44)21-23-51-29-19-18-28(41)31(32(29)42)25-20-22-47-30(24-25)45-33(46-47)48(34(49)52-36(4,5)6)35(50)53-37(7,8)9/h14-20,22,24H,11-13,21,23H2,1-10H3. The molecule has 10 nitrogen and oxygen atoms in total. The van der Waals surface area contributed by atoms with Gasteiger partial charge in [0.25, 0.3) is 11.9 Å². The molecule has 0 aliphatic heterocycles. The van der Waals surface area contributed by atoms with Gasteiger partial charge in [-0.1, -0.05) is 32.9 Å². The highest BCUT2D eigenvalue weighted by Gasteiger charge is 2.55. The highest BCUT2D eigenvalue weighted by molar-refractivity contribution is 6.73. The van der Waals surface area contributed by atoms with E-state index in [4.69, 9.17) is 18.6 Å². The van der Waals surface area contributed by atoms with Gasteiger partial charge in [0.15, 0.2) is 25.5 Å². The molecule has 4 rings (SSSR count). The summed E-state index contributed by atoms with van der Waals surface area (Å²) < 4.78 is 102. The monoisotopic (exact) mass is 792 g/mol. The lowest BCUT2D eigenvalue weighted by molar-refractivity contribution is -0.175. The lowest BCUT2D eigenvalue weighted by atomic mass is 9.87. The zero-order valence-corrected chi connectivity index (χ0v) is 33.9. The number of halogens is 5. The summed E-state index contributed by atoms with van der Waals surface area (Å²) in [6.45, 7) is 15.9. The maximum absolute atomic E-state index is 16.4. The highest BCUT2D eigenvalue weighted by atomic mass is 28.4. The number of nitrogens with zero attached hydrogens (tertiary/aromatic N) is 4. The smallest absolute Gasteiger partial charge is 0.427 e. The van der Waals surface area contributed by atoms with Gasteiger partial charge in [-0.3, -0.25) is 0 Å². The molecule has 0 radical (unpaired) electrons. The Hall–Kier alpha value is -4.57. The highest BCUT2D eigenvalue weighted by Crippen LogP contribution is 2.47. The Labute approximate surface area is 319 Å². The number of hydrogen-bond acceptors (Lipinski definition) is 8. The molecule has 1 unspecified atom stereocenters. The molecule has 0 fully saturated rings. The van der Waals surface area contributed by atoms with Crippen LogP contribution < -0.4 is 9.64 Å². The van der Waals surface area contributed by atoms with Gasteiger partial charge in [-0.05, 0) is 114 Å². The first-order valence-electron chi connectivity index (χ1n) is 18.1. The number of pyridine rings is 1. The number of rotatable bonds is 13. The van der Waals surface area contributed by atoms with E-state index in [0.717, 1.165) is 24.3 Å². The van der Waals surface area contributed by atoms with Crippen LogP contribution in [0.3, 0.4) is 0 Å². The fourth-order valence-corrected chi connectivity index (χ4v) is 8.99. The largest absolute Gasteiger partial charge is 0.490 e. The summed E-state index contributed by atoms with van der Waals surface area (Å²) in [5, 5.41) is 4.18. The number of benzene rings is 2. The molecule has 55 heavy (non-hydrogen) atoms. The number of fused-ring (bicyclic) bond motifs is 1. The number of anilines is 1. The van der Waals surface area contributed by atoms with Crippen LogP contribution in [0.25, 0.3) is 16.8 Å². The minimum atomic E-state index is -3.56. The molecule has 16 heteroatoms. The van der Waals surface area contributed by atoms with Gasteiger partial charge in [0, 0.05) is 12.6 Å². The number of carbonyl (C=O) groups excluding carboxylic acids is 2. The summed E-state index contributed by atoms with van der Waals surface area (Å²) in [5.41, 5.74) is -4.64. The van der Waals surface area contributed by atoms with E-state index in [2.05, 4.69) is 10.1 Å². The Morgan fingerprint density at radius 3 is 1.91 bits per heavy atom. The van der Waals surface area contributed by atoms with Crippen molar-refractivity contribution in [3.05, 3.63) is 77.7 Å². The summed E-state index contributed by atoms with van der Waals surface area (Å²) in [7, 11) is -2.65. The molecule has 2 heterocycles. The van der Waals surface area contributed by atoms with Crippen molar-refractivity contribution >= 4 is 32.1 Å². The van der Waals surface area contributed by atoms with E-state index in [1.54, 1.807) is 41.5 Å². The fourth-order valence-electron chi connectivity index (χ4n) is 5.92. The molecule has 0 spiro atoms. The van der Waals surface area contributed by atoms with Crippen molar-refractivity contribution in [3.8, 4) is 16.9 Å². The SMILES string of the molecule is CC[Si](CC)(CC)OC(C)(c1ccc(F)cc1)C(F)(F)CCOc1ccc(F)c(-c2ccn3nc(N(C(=O)OC(C)(C)C)C(=O)OC(C)(C)C)nc3c2)c1F. The minimum absolute atomic E-state index is 0.0136. The van der Waals surface area contributed by atoms with Crippen LogP contribution in [-0.4, -0.2) is 58.8 Å². The van der Waals surface area contributed by atoms with Crippen molar-refractivity contribution in [2.75, 3.05) is 11.5 Å². The lowest BCUT2D eigenvalue weighted by Gasteiger charge is -2.45. The van der Waals surface area contributed by atoms with Crippen molar-refractivity contribution in [1.29, 1.82) is 0 Å². The van der Waals surface area contributed by atoms with Gasteiger partial charge in [0.1, 0.15) is 28.4 Å². The first kappa shape index (κ1) is 43.2. The molecule has 0 N–H and O–H groups in total. The molecule has 0 saturated carbocycles. The molecular formula is C39H49F5N4O6Si. The molecule has 1 atom stereocenters. The summed E-state index contributed by atoms with van der Waals surface area (Å²) in [6.07, 6.45) is -1.83. The number of hydrogen-bond donors (Lipinski definition) is 0.